The van der Waals surface area contributed by atoms with E-state index in [0.717, 1.165) is 11.1 Å². The first kappa shape index (κ1) is 11.2. The van der Waals surface area contributed by atoms with E-state index in [1.165, 1.54) is 12.7 Å². The summed E-state index contributed by atoms with van der Waals surface area (Å²) in [6.45, 7) is 4.02. The fourth-order valence-corrected chi connectivity index (χ4v) is 1.17. The topological polar surface area (TPSA) is 50.7 Å². The first-order valence-corrected chi connectivity index (χ1v) is 4.58. The Balaban J connectivity index is 2.68. The Morgan fingerprint density at radius 3 is 2.80 bits per heavy atom. The second kappa shape index (κ2) is 5.14. The number of hydrogen-bond donors (Lipinski definition) is 1. The number of benzene rings is 1. The van der Waals surface area contributed by atoms with E-state index in [0.29, 0.717) is 0 Å². The second-order valence-corrected chi connectivity index (χ2v) is 3.22. The van der Waals surface area contributed by atoms with E-state index in [1.807, 2.05) is 26.0 Å². The Hall–Kier alpha value is -1.84. The summed E-state index contributed by atoms with van der Waals surface area (Å²) in [6.07, 6.45) is 1.02. The number of carbonyl (C=O) groups excluding carboxylic acids is 1. The number of hydrazone groups is 1. The van der Waals surface area contributed by atoms with Gasteiger partial charge in [-0.2, -0.15) is 5.10 Å². The summed E-state index contributed by atoms with van der Waals surface area (Å²) in [5.41, 5.74) is 5.52. The summed E-state index contributed by atoms with van der Waals surface area (Å²) in [7, 11) is 1.29. The van der Waals surface area contributed by atoms with Crippen LogP contribution in [0.1, 0.15) is 16.7 Å². The van der Waals surface area contributed by atoms with Crippen LogP contribution in [-0.4, -0.2) is 19.4 Å². The first-order chi connectivity index (χ1) is 7.13. The van der Waals surface area contributed by atoms with Crippen LogP contribution in [0.15, 0.2) is 23.3 Å². The summed E-state index contributed by atoms with van der Waals surface area (Å²) < 4.78 is 4.37. The molecule has 15 heavy (non-hydrogen) atoms. The van der Waals surface area contributed by atoms with Gasteiger partial charge in [0.1, 0.15) is 0 Å². The lowest BCUT2D eigenvalue weighted by atomic mass is 10.1. The summed E-state index contributed by atoms with van der Waals surface area (Å²) in [5, 5.41) is 3.75. The number of nitrogens with zero attached hydrogens (tertiary/aromatic N) is 1. The number of methoxy groups -OCH3 is 1. The van der Waals surface area contributed by atoms with E-state index in [1.54, 1.807) is 6.21 Å². The van der Waals surface area contributed by atoms with Gasteiger partial charge in [-0.05, 0) is 25.0 Å². The van der Waals surface area contributed by atoms with E-state index >= 15 is 0 Å². The molecule has 1 rings (SSSR count). The van der Waals surface area contributed by atoms with Crippen molar-refractivity contribution in [3.63, 3.8) is 0 Å². The Morgan fingerprint density at radius 1 is 1.47 bits per heavy atom. The molecule has 0 heterocycles. The largest absolute Gasteiger partial charge is 0.452 e. The monoisotopic (exact) mass is 206 g/mol. The minimum atomic E-state index is -0.573. The zero-order valence-electron chi connectivity index (χ0n) is 9.07. The summed E-state index contributed by atoms with van der Waals surface area (Å²) >= 11 is 0. The van der Waals surface area contributed by atoms with Crippen molar-refractivity contribution in [3.05, 3.63) is 34.9 Å². The van der Waals surface area contributed by atoms with Crippen molar-refractivity contribution in [1.29, 1.82) is 0 Å². The van der Waals surface area contributed by atoms with Crippen molar-refractivity contribution in [1.82, 2.24) is 5.43 Å². The molecule has 0 aliphatic rings. The highest BCUT2D eigenvalue weighted by molar-refractivity contribution is 5.82. The number of carbonyl (C=O) groups is 1. The SMILES string of the molecule is COC(=O)N/N=C/c1ccc(C)cc1C. The fraction of sp³-hybridized carbons (Fsp3) is 0.273. The molecular formula is C11H14N2O2. The van der Waals surface area contributed by atoms with Gasteiger partial charge in [0.05, 0.1) is 13.3 Å². The van der Waals surface area contributed by atoms with Crippen molar-refractivity contribution >= 4 is 12.3 Å². The van der Waals surface area contributed by atoms with Crippen LogP contribution in [0.4, 0.5) is 4.79 Å². The third-order valence-electron chi connectivity index (χ3n) is 1.97. The molecule has 0 unspecified atom stereocenters. The molecule has 0 aliphatic carbocycles. The van der Waals surface area contributed by atoms with Crippen LogP contribution in [0.3, 0.4) is 0 Å². The predicted octanol–water partition coefficient (Wildman–Crippen LogP) is 1.99. The molecule has 1 aromatic rings. The van der Waals surface area contributed by atoms with Gasteiger partial charge < -0.3 is 4.74 Å². The minimum absolute atomic E-state index is 0.573. The van der Waals surface area contributed by atoms with Gasteiger partial charge in [0.2, 0.25) is 0 Å². The van der Waals surface area contributed by atoms with Crippen LogP contribution in [0.2, 0.25) is 0 Å². The zero-order valence-corrected chi connectivity index (χ0v) is 9.07. The molecule has 0 radical (unpaired) electrons. The Morgan fingerprint density at radius 2 is 2.20 bits per heavy atom. The van der Waals surface area contributed by atoms with Crippen LogP contribution >= 0.6 is 0 Å². The average molecular weight is 206 g/mol. The molecule has 1 amide bonds. The minimum Gasteiger partial charge on any atom is -0.452 e. The van der Waals surface area contributed by atoms with Gasteiger partial charge >= 0.3 is 6.09 Å². The molecule has 1 aromatic carbocycles. The summed E-state index contributed by atoms with van der Waals surface area (Å²) in [4.78, 5) is 10.7. The highest BCUT2D eigenvalue weighted by atomic mass is 16.5. The molecule has 4 nitrogen and oxygen atoms in total. The van der Waals surface area contributed by atoms with Gasteiger partial charge in [0.15, 0.2) is 0 Å². The van der Waals surface area contributed by atoms with Gasteiger partial charge in [0, 0.05) is 0 Å². The molecular weight excluding hydrogens is 192 g/mol. The van der Waals surface area contributed by atoms with Gasteiger partial charge in [-0.1, -0.05) is 23.8 Å². The molecule has 80 valence electrons. The maximum Gasteiger partial charge on any atom is 0.427 e. The Bertz CT molecular complexity index is 386. The normalized spacial score (nSPS) is 10.3. The van der Waals surface area contributed by atoms with Crippen LogP contribution in [0.5, 0.6) is 0 Å². The molecule has 0 saturated heterocycles. The van der Waals surface area contributed by atoms with Gasteiger partial charge in [-0.3, -0.25) is 0 Å². The van der Waals surface area contributed by atoms with Crippen LogP contribution < -0.4 is 5.43 Å². The summed E-state index contributed by atoms with van der Waals surface area (Å²) in [6, 6.07) is 6.00. The number of nitrogens with one attached hydrogen (secondary N) is 1. The van der Waals surface area contributed by atoms with Gasteiger partial charge in [-0.15, -0.1) is 0 Å². The molecule has 0 spiro atoms. The standard InChI is InChI=1S/C11H14N2O2/c1-8-4-5-10(9(2)6-8)7-12-13-11(14)15-3/h4-7H,1-3H3,(H,13,14)/b12-7+. The quantitative estimate of drug-likeness (QED) is 0.594. The number of ether oxygens (including phenoxy) is 1. The fourth-order valence-electron chi connectivity index (χ4n) is 1.17. The third-order valence-corrected chi connectivity index (χ3v) is 1.97. The number of aryl methyl sites for hydroxylation is 2. The second-order valence-electron chi connectivity index (χ2n) is 3.22. The number of hydrogen-bond acceptors (Lipinski definition) is 3. The smallest absolute Gasteiger partial charge is 0.427 e. The van der Waals surface area contributed by atoms with Crippen molar-refractivity contribution in [2.75, 3.05) is 7.11 Å². The number of rotatable bonds is 2. The maximum atomic E-state index is 10.7. The first-order valence-electron chi connectivity index (χ1n) is 4.58. The molecule has 0 bridgehead atoms. The molecule has 1 N–H and O–H groups in total. The van der Waals surface area contributed by atoms with E-state index in [4.69, 9.17) is 0 Å². The average Bonchev–Trinajstić information content (AvgIpc) is 2.21. The third kappa shape index (κ3) is 3.42. The lowest BCUT2D eigenvalue weighted by molar-refractivity contribution is 0.171. The van der Waals surface area contributed by atoms with Gasteiger partial charge in [-0.25, -0.2) is 10.2 Å². The molecule has 0 fully saturated rings. The number of amides is 1. The lowest BCUT2D eigenvalue weighted by Gasteiger charge is -2.01. The van der Waals surface area contributed by atoms with Crippen LogP contribution in [0.25, 0.3) is 0 Å². The van der Waals surface area contributed by atoms with E-state index in [9.17, 15) is 4.79 Å². The van der Waals surface area contributed by atoms with E-state index < -0.39 is 6.09 Å². The Kier molecular flexibility index (Phi) is 3.85. The van der Waals surface area contributed by atoms with Crippen molar-refractivity contribution in [2.45, 2.75) is 13.8 Å². The highest BCUT2D eigenvalue weighted by Crippen LogP contribution is 2.07. The molecule has 0 aliphatic heterocycles. The Labute approximate surface area is 88.9 Å². The molecule has 0 aromatic heterocycles. The van der Waals surface area contributed by atoms with Crippen LogP contribution in [0, 0.1) is 13.8 Å². The lowest BCUT2D eigenvalue weighted by Crippen LogP contribution is -2.16. The van der Waals surface area contributed by atoms with Crippen molar-refractivity contribution < 1.29 is 9.53 Å². The van der Waals surface area contributed by atoms with Crippen molar-refractivity contribution in [2.24, 2.45) is 5.10 Å². The molecule has 0 atom stereocenters. The predicted molar refractivity (Wildman–Crippen MR) is 59.1 cm³/mol. The van der Waals surface area contributed by atoms with E-state index in [-0.39, 0.29) is 0 Å². The van der Waals surface area contributed by atoms with Gasteiger partial charge in [0.25, 0.3) is 0 Å². The zero-order chi connectivity index (χ0) is 11.3. The maximum absolute atomic E-state index is 10.7. The highest BCUT2D eigenvalue weighted by Gasteiger charge is 1.96. The summed E-state index contributed by atoms with van der Waals surface area (Å²) in [5.74, 6) is 0. The van der Waals surface area contributed by atoms with Crippen LogP contribution in [-0.2, 0) is 4.74 Å². The molecule has 0 saturated carbocycles. The molecule has 4 heteroatoms. The van der Waals surface area contributed by atoms with E-state index in [2.05, 4.69) is 21.3 Å². The van der Waals surface area contributed by atoms with Crippen molar-refractivity contribution in [3.8, 4) is 0 Å².